The summed E-state index contributed by atoms with van der Waals surface area (Å²) < 4.78 is 45.1. The minimum atomic E-state index is -3.84. The van der Waals surface area contributed by atoms with Gasteiger partial charge in [-0.25, -0.2) is 12.8 Å². The lowest BCUT2D eigenvalue weighted by Crippen LogP contribution is -2.44. The first-order chi connectivity index (χ1) is 12.6. The maximum absolute atomic E-state index is 12.9. The molecule has 0 aromatic heterocycles. The van der Waals surface area contributed by atoms with Gasteiger partial charge in [0.15, 0.2) is 0 Å². The second-order valence-corrected chi connectivity index (χ2v) is 8.40. The number of nitrogens with one attached hydrogen (secondary N) is 2. The van der Waals surface area contributed by atoms with Gasteiger partial charge in [-0.05, 0) is 68.8 Å². The van der Waals surface area contributed by atoms with Crippen molar-refractivity contribution in [3.63, 3.8) is 0 Å². The van der Waals surface area contributed by atoms with Crippen molar-refractivity contribution in [2.24, 2.45) is 0 Å². The fourth-order valence-corrected chi connectivity index (χ4v) is 3.38. The van der Waals surface area contributed by atoms with Gasteiger partial charge in [0.1, 0.15) is 5.82 Å². The van der Waals surface area contributed by atoms with Crippen LogP contribution in [-0.4, -0.2) is 33.6 Å². The topological polar surface area (TPSA) is 84.5 Å². The zero-order chi connectivity index (χ0) is 20.1. The lowest BCUT2D eigenvalue weighted by Gasteiger charge is -2.26. The second-order valence-electron chi connectivity index (χ2n) is 6.72. The van der Waals surface area contributed by atoms with Gasteiger partial charge in [-0.3, -0.25) is 9.52 Å². The molecule has 0 unspecified atom stereocenters. The zero-order valence-electron chi connectivity index (χ0n) is 15.5. The van der Waals surface area contributed by atoms with Crippen LogP contribution in [0.1, 0.15) is 30.6 Å². The minimum absolute atomic E-state index is 0.00187. The Morgan fingerprint density at radius 1 is 1.07 bits per heavy atom. The number of benzene rings is 2. The number of halogens is 1. The standard InChI is InChI=1S/C19H23FN2O4S/c1-19(2,12-13-26-3)21-18(23)14-4-10-17(11-5-14)27(24,25)22-16-8-6-15(20)7-9-16/h4-11,22H,12-13H2,1-3H3,(H,21,23). The highest BCUT2D eigenvalue weighted by atomic mass is 32.2. The van der Waals surface area contributed by atoms with Crippen molar-refractivity contribution in [1.29, 1.82) is 0 Å². The van der Waals surface area contributed by atoms with Crippen LogP contribution in [0.5, 0.6) is 0 Å². The smallest absolute Gasteiger partial charge is 0.261 e. The molecule has 0 bridgehead atoms. The molecule has 0 saturated heterocycles. The molecule has 6 nitrogen and oxygen atoms in total. The van der Waals surface area contributed by atoms with Crippen molar-refractivity contribution < 1.29 is 22.3 Å². The first-order valence-electron chi connectivity index (χ1n) is 8.33. The SMILES string of the molecule is COCCC(C)(C)NC(=O)c1ccc(S(=O)(=O)Nc2ccc(F)cc2)cc1. The Bertz CT molecular complexity index is 879. The monoisotopic (exact) mass is 394 g/mol. The normalized spacial score (nSPS) is 11.9. The molecule has 0 heterocycles. The molecule has 0 atom stereocenters. The maximum Gasteiger partial charge on any atom is 0.261 e. The summed E-state index contributed by atoms with van der Waals surface area (Å²) in [5.74, 6) is -0.756. The molecule has 0 saturated carbocycles. The molecule has 0 spiro atoms. The van der Waals surface area contributed by atoms with Gasteiger partial charge in [0.25, 0.3) is 15.9 Å². The van der Waals surface area contributed by atoms with Crippen LogP contribution in [-0.2, 0) is 14.8 Å². The number of carbonyl (C=O) groups is 1. The molecule has 0 radical (unpaired) electrons. The fraction of sp³-hybridized carbons (Fsp3) is 0.316. The molecule has 8 heteroatoms. The van der Waals surface area contributed by atoms with Gasteiger partial charge in [-0.2, -0.15) is 0 Å². The third-order valence-corrected chi connectivity index (χ3v) is 5.30. The molecule has 0 aliphatic rings. The summed E-state index contributed by atoms with van der Waals surface area (Å²) in [4.78, 5) is 12.4. The fourth-order valence-electron chi connectivity index (χ4n) is 2.32. The number of ether oxygens (including phenoxy) is 1. The first-order valence-corrected chi connectivity index (χ1v) is 9.81. The van der Waals surface area contributed by atoms with Gasteiger partial charge in [-0.15, -0.1) is 0 Å². The summed E-state index contributed by atoms with van der Waals surface area (Å²) in [6.45, 7) is 4.28. The van der Waals surface area contributed by atoms with E-state index in [1.807, 2.05) is 13.8 Å². The summed E-state index contributed by atoms with van der Waals surface area (Å²) in [7, 11) is -2.24. The van der Waals surface area contributed by atoms with Crippen LogP contribution < -0.4 is 10.0 Å². The zero-order valence-corrected chi connectivity index (χ0v) is 16.3. The summed E-state index contributed by atoms with van der Waals surface area (Å²) in [5.41, 5.74) is 0.140. The number of amides is 1. The molecule has 0 fully saturated rings. The van der Waals surface area contributed by atoms with E-state index < -0.39 is 21.4 Å². The Hall–Kier alpha value is -2.45. The summed E-state index contributed by atoms with van der Waals surface area (Å²) in [5, 5.41) is 2.89. The quantitative estimate of drug-likeness (QED) is 0.720. The molecule has 2 aromatic rings. The predicted octanol–water partition coefficient (Wildman–Crippen LogP) is 3.17. The molecule has 2 aromatic carbocycles. The van der Waals surface area contributed by atoms with Crippen molar-refractivity contribution >= 4 is 21.6 Å². The number of hydrogen-bond donors (Lipinski definition) is 2. The molecule has 2 rings (SSSR count). The Kier molecular flexibility index (Phi) is 6.56. The van der Waals surface area contributed by atoms with Crippen LogP contribution >= 0.6 is 0 Å². The molecule has 0 aliphatic heterocycles. The summed E-state index contributed by atoms with van der Waals surface area (Å²) in [6, 6.07) is 10.6. The van der Waals surface area contributed by atoms with Crippen LogP contribution in [0.15, 0.2) is 53.4 Å². The van der Waals surface area contributed by atoms with Gasteiger partial charge in [0.05, 0.1) is 4.90 Å². The van der Waals surface area contributed by atoms with Gasteiger partial charge < -0.3 is 10.1 Å². The van der Waals surface area contributed by atoms with Crippen molar-refractivity contribution in [3.8, 4) is 0 Å². The molecule has 1 amide bonds. The Morgan fingerprint density at radius 2 is 1.67 bits per heavy atom. The van der Waals surface area contributed by atoms with E-state index in [2.05, 4.69) is 10.0 Å². The Labute approximate surface area is 158 Å². The molecule has 146 valence electrons. The van der Waals surface area contributed by atoms with E-state index in [1.165, 1.54) is 36.4 Å². The lowest BCUT2D eigenvalue weighted by molar-refractivity contribution is 0.0888. The Morgan fingerprint density at radius 3 is 2.22 bits per heavy atom. The number of carbonyl (C=O) groups excluding carboxylic acids is 1. The van der Waals surface area contributed by atoms with Crippen LogP contribution in [0, 0.1) is 5.82 Å². The summed E-state index contributed by atoms with van der Waals surface area (Å²) in [6.07, 6.45) is 0.642. The average molecular weight is 394 g/mol. The largest absolute Gasteiger partial charge is 0.385 e. The third kappa shape index (κ3) is 6.04. The maximum atomic E-state index is 12.9. The van der Waals surface area contributed by atoms with E-state index in [0.717, 1.165) is 12.1 Å². The predicted molar refractivity (Wildman–Crippen MR) is 102 cm³/mol. The molecule has 27 heavy (non-hydrogen) atoms. The van der Waals surface area contributed by atoms with Crippen LogP contribution in [0.2, 0.25) is 0 Å². The van der Waals surface area contributed by atoms with E-state index in [9.17, 15) is 17.6 Å². The highest BCUT2D eigenvalue weighted by Crippen LogP contribution is 2.18. The van der Waals surface area contributed by atoms with Crippen molar-refractivity contribution in [3.05, 3.63) is 59.9 Å². The second kappa shape index (κ2) is 8.49. The molecular formula is C19H23FN2O4S. The third-order valence-electron chi connectivity index (χ3n) is 3.91. The van der Waals surface area contributed by atoms with E-state index in [4.69, 9.17) is 4.74 Å². The minimum Gasteiger partial charge on any atom is -0.385 e. The highest BCUT2D eigenvalue weighted by molar-refractivity contribution is 7.92. The van der Waals surface area contributed by atoms with Gasteiger partial charge in [0, 0.05) is 30.5 Å². The summed E-state index contributed by atoms with van der Waals surface area (Å²) >= 11 is 0. The highest BCUT2D eigenvalue weighted by Gasteiger charge is 2.21. The number of rotatable bonds is 8. The van der Waals surface area contributed by atoms with Crippen molar-refractivity contribution in [1.82, 2.24) is 5.32 Å². The molecular weight excluding hydrogens is 371 g/mol. The number of hydrogen-bond acceptors (Lipinski definition) is 4. The lowest BCUT2D eigenvalue weighted by atomic mass is 10.0. The van der Waals surface area contributed by atoms with Gasteiger partial charge in [0.2, 0.25) is 0 Å². The number of sulfonamides is 1. The van der Waals surface area contributed by atoms with E-state index in [0.29, 0.717) is 18.6 Å². The molecule has 2 N–H and O–H groups in total. The van der Waals surface area contributed by atoms with E-state index in [1.54, 1.807) is 7.11 Å². The van der Waals surface area contributed by atoms with Crippen molar-refractivity contribution in [2.45, 2.75) is 30.7 Å². The van der Waals surface area contributed by atoms with Gasteiger partial charge in [-0.1, -0.05) is 0 Å². The van der Waals surface area contributed by atoms with Crippen LogP contribution in [0.4, 0.5) is 10.1 Å². The van der Waals surface area contributed by atoms with Gasteiger partial charge >= 0.3 is 0 Å². The van der Waals surface area contributed by atoms with Crippen LogP contribution in [0.3, 0.4) is 0 Å². The number of methoxy groups -OCH3 is 1. The van der Waals surface area contributed by atoms with Crippen LogP contribution in [0.25, 0.3) is 0 Å². The average Bonchev–Trinajstić information content (AvgIpc) is 2.61. The van der Waals surface area contributed by atoms with E-state index >= 15 is 0 Å². The Balaban J connectivity index is 2.09. The van der Waals surface area contributed by atoms with Crippen molar-refractivity contribution in [2.75, 3.05) is 18.4 Å². The first kappa shape index (κ1) is 20.9. The van der Waals surface area contributed by atoms with E-state index in [-0.39, 0.29) is 16.5 Å². The number of anilines is 1. The molecule has 0 aliphatic carbocycles.